The third kappa shape index (κ3) is 6.40. The quantitative estimate of drug-likeness (QED) is 0.422. The van der Waals surface area contributed by atoms with Gasteiger partial charge in [-0.2, -0.15) is 0 Å². The monoisotopic (exact) mass is 566 g/mol. The second kappa shape index (κ2) is 11.8. The summed E-state index contributed by atoms with van der Waals surface area (Å²) in [7, 11) is -2.26. The summed E-state index contributed by atoms with van der Waals surface area (Å²) in [5.74, 6) is 1.00. The van der Waals surface area contributed by atoms with Crippen LogP contribution in [0, 0.1) is 5.92 Å². The van der Waals surface area contributed by atoms with Crippen molar-refractivity contribution < 1.29 is 23.8 Å². The number of hydrogen-bond donors (Lipinski definition) is 2. The number of aliphatic hydroxyl groups excluding tert-OH is 1. The van der Waals surface area contributed by atoms with Gasteiger partial charge in [0.2, 0.25) is 5.91 Å². The fourth-order valence-corrected chi connectivity index (χ4v) is 7.16. The van der Waals surface area contributed by atoms with Crippen LogP contribution in [0.3, 0.4) is 0 Å². The van der Waals surface area contributed by atoms with Gasteiger partial charge >= 0.3 is 0 Å². The summed E-state index contributed by atoms with van der Waals surface area (Å²) < 4.78 is 18.9. The lowest BCUT2D eigenvalue weighted by molar-refractivity contribution is -0.133. The van der Waals surface area contributed by atoms with Gasteiger partial charge in [0.1, 0.15) is 19.3 Å². The molecule has 5 rings (SSSR count). The van der Waals surface area contributed by atoms with E-state index in [1.54, 1.807) is 0 Å². The van der Waals surface area contributed by atoms with E-state index in [1.807, 2.05) is 30.3 Å². The summed E-state index contributed by atoms with van der Waals surface area (Å²) in [6.07, 6.45) is 2.26. The number of ether oxygens (including phenoxy) is 2. The van der Waals surface area contributed by atoms with E-state index >= 15 is 0 Å². The zero-order valence-corrected chi connectivity index (χ0v) is 25.7. The average Bonchev–Trinajstić information content (AvgIpc) is 3.60. The Hall–Kier alpha value is -2.39. The van der Waals surface area contributed by atoms with Crippen LogP contribution >= 0.6 is 0 Å². The predicted octanol–water partition coefficient (Wildman–Crippen LogP) is 4.88. The largest absolute Gasteiger partial charge is 0.486 e. The number of amides is 1. The molecule has 1 amide bonds. The number of carbonyl (C=O) groups excluding carboxylic acids is 1. The molecule has 2 heterocycles. The molecular weight excluding hydrogens is 520 g/mol. The van der Waals surface area contributed by atoms with Crippen molar-refractivity contribution in [3.8, 4) is 11.5 Å². The standard InChI is InChI=1S/C32H46N2O5Si/c1-32(2,3)40(4,5)39-30(24-12-13-27-28(20-24)38-17-16-37-27)26(21-34-14-8-9-15-34)33-31(36)29(35)25-18-22-10-6-7-11-23(22)19-25/h6-7,10-13,20,25-26,29-30,35H,8-9,14-19,21H2,1-5H3,(H,33,36)/t26-,29?,30-/m1/s1. The molecule has 0 aromatic heterocycles. The molecule has 2 aromatic carbocycles. The molecule has 3 aliphatic rings. The number of carbonyl (C=O) groups is 1. The lowest BCUT2D eigenvalue weighted by atomic mass is 9.96. The van der Waals surface area contributed by atoms with Gasteiger partial charge < -0.3 is 29.2 Å². The highest BCUT2D eigenvalue weighted by Gasteiger charge is 2.43. The first-order valence-electron chi connectivity index (χ1n) is 14.9. The lowest BCUT2D eigenvalue weighted by Gasteiger charge is -2.42. The van der Waals surface area contributed by atoms with Crippen molar-refractivity contribution in [1.82, 2.24) is 10.2 Å². The molecular formula is C32H46N2O5Si. The topological polar surface area (TPSA) is 80.3 Å². The lowest BCUT2D eigenvalue weighted by Crippen LogP contribution is -2.54. The molecule has 2 aromatic rings. The van der Waals surface area contributed by atoms with Crippen LogP contribution in [0.2, 0.25) is 18.1 Å². The summed E-state index contributed by atoms with van der Waals surface area (Å²) >= 11 is 0. The summed E-state index contributed by atoms with van der Waals surface area (Å²) in [4.78, 5) is 16.1. The van der Waals surface area contributed by atoms with Crippen molar-refractivity contribution in [2.45, 2.75) is 82.8 Å². The maximum Gasteiger partial charge on any atom is 0.249 e. The first-order chi connectivity index (χ1) is 19.0. The fraction of sp³-hybridized carbons (Fsp3) is 0.594. The molecule has 1 saturated heterocycles. The number of aliphatic hydroxyl groups is 1. The Labute approximate surface area is 240 Å². The molecule has 1 aliphatic carbocycles. The van der Waals surface area contributed by atoms with E-state index < -0.39 is 20.5 Å². The molecule has 7 nitrogen and oxygen atoms in total. The van der Waals surface area contributed by atoms with Crippen LogP contribution in [-0.2, 0) is 22.1 Å². The molecule has 40 heavy (non-hydrogen) atoms. The zero-order chi connectivity index (χ0) is 28.5. The van der Waals surface area contributed by atoms with Gasteiger partial charge in [0.25, 0.3) is 0 Å². The minimum Gasteiger partial charge on any atom is -0.486 e. The van der Waals surface area contributed by atoms with Gasteiger partial charge in [-0.3, -0.25) is 4.79 Å². The van der Waals surface area contributed by atoms with Crippen LogP contribution in [0.4, 0.5) is 0 Å². The molecule has 8 heteroatoms. The minimum atomic E-state index is -2.26. The smallest absolute Gasteiger partial charge is 0.249 e. The molecule has 0 radical (unpaired) electrons. The molecule has 218 valence electrons. The minimum absolute atomic E-state index is 0.0175. The number of hydrogen-bond acceptors (Lipinski definition) is 6. The first kappa shape index (κ1) is 29.1. The third-order valence-corrected chi connectivity index (χ3v) is 13.7. The highest BCUT2D eigenvalue weighted by molar-refractivity contribution is 6.74. The molecule has 2 aliphatic heterocycles. The Balaban J connectivity index is 1.44. The van der Waals surface area contributed by atoms with E-state index in [-0.39, 0.29) is 22.9 Å². The van der Waals surface area contributed by atoms with Crippen LogP contribution in [0.15, 0.2) is 42.5 Å². The number of fused-ring (bicyclic) bond motifs is 2. The Morgan fingerprint density at radius 1 is 1.05 bits per heavy atom. The van der Waals surface area contributed by atoms with E-state index in [0.29, 0.717) is 38.3 Å². The second-order valence-electron chi connectivity index (χ2n) is 13.2. The Morgan fingerprint density at radius 3 is 2.30 bits per heavy atom. The summed E-state index contributed by atoms with van der Waals surface area (Å²) in [5, 5.41) is 14.6. The molecule has 0 saturated carbocycles. The summed E-state index contributed by atoms with van der Waals surface area (Å²) in [6, 6.07) is 13.9. The molecule has 3 atom stereocenters. The second-order valence-corrected chi connectivity index (χ2v) is 18.0. The van der Waals surface area contributed by atoms with Gasteiger partial charge in [-0.05, 0) is 85.7 Å². The summed E-state index contributed by atoms with van der Waals surface area (Å²) in [6.45, 7) is 14.9. The van der Waals surface area contributed by atoms with Crippen molar-refractivity contribution in [1.29, 1.82) is 0 Å². The van der Waals surface area contributed by atoms with Crippen molar-refractivity contribution in [3.63, 3.8) is 0 Å². The highest BCUT2D eigenvalue weighted by atomic mass is 28.4. The van der Waals surface area contributed by atoms with Gasteiger partial charge in [-0.25, -0.2) is 0 Å². The zero-order valence-electron chi connectivity index (χ0n) is 24.7. The van der Waals surface area contributed by atoms with E-state index in [0.717, 1.165) is 37.2 Å². The maximum atomic E-state index is 13.7. The molecule has 0 spiro atoms. The van der Waals surface area contributed by atoms with Crippen LogP contribution in [0.5, 0.6) is 11.5 Å². The molecule has 1 fully saturated rings. The first-order valence-corrected chi connectivity index (χ1v) is 17.8. The SMILES string of the molecule is CC(C)(C)[Si](C)(C)O[C@H](c1ccc2c(c1)OCCO2)[C@@H](CN1CCCC1)NC(=O)C(O)C1Cc2ccccc2C1. The van der Waals surface area contributed by atoms with Gasteiger partial charge in [-0.15, -0.1) is 0 Å². The van der Waals surface area contributed by atoms with Gasteiger partial charge in [0.15, 0.2) is 19.8 Å². The number of benzene rings is 2. The van der Waals surface area contributed by atoms with Gasteiger partial charge in [-0.1, -0.05) is 51.1 Å². The van der Waals surface area contributed by atoms with E-state index in [9.17, 15) is 9.90 Å². The third-order valence-electron chi connectivity index (χ3n) is 9.27. The van der Waals surface area contributed by atoms with E-state index in [2.05, 4.69) is 56.2 Å². The number of nitrogens with one attached hydrogen (secondary N) is 1. The van der Waals surface area contributed by atoms with Gasteiger partial charge in [0.05, 0.1) is 12.1 Å². The Bertz CT molecular complexity index is 1170. The van der Waals surface area contributed by atoms with E-state index in [4.69, 9.17) is 13.9 Å². The number of likely N-dealkylation sites (tertiary alicyclic amines) is 1. The van der Waals surface area contributed by atoms with Crippen LogP contribution < -0.4 is 14.8 Å². The molecule has 1 unspecified atom stereocenters. The summed E-state index contributed by atoms with van der Waals surface area (Å²) in [5.41, 5.74) is 3.41. The van der Waals surface area contributed by atoms with Crippen molar-refractivity contribution in [2.75, 3.05) is 32.8 Å². The molecule has 2 N–H and O–H groups in total. The average molecular weight is 567 g/mol. The Morgan fingerprint density at radius 2 is 1.68 bits per heavy atom. The van der Waals surface area contributed by atoms with Crippen LogP contribution in [0.1, 0.15) is 56.4 Å². The normalized spacial score (nSPS) is 20.1. The molecule has 0 bridgehead atoms. The van der Waals surface area contributed by atoms with Gasteiger partial charge in [0, 0.05) is 12.5 Å². The van der Waals surface area contributed by atoms with Crippen molar-refractivity contribution in [2.24, 2.45) is 5.92 Å². The fourth-order valence-electron chi connectivity index (χ4n) is 5.87. The maximum absolute atomic E-state index is 13.7. The number of rotatable bonds is 9. The predicted molar refractivity (Wildman–Crippen MR) is 159 cm³/mol. The van der Waals surface area contributed by atoms with Crippen molar-refractivity contribution >= 4 is 14.2 Å². The van der Waals surface area contributed by atoms with Crippen LogP contribution in [0.25, 0.3) is 0 Å². The van der Waals surface area contributed by atoms with Crippen molar-refractivity contribution in [3.05, 3.63) is 59.2 Å². The van der Waals surface area contributed by atoms with E-state index in [1.165, 1.54) is 11.1 Å². The Kier molecular flexibility index (Phi) is 8.62. The number of nitrogens with zero attached hydrogens (tertiary/aromatic N) is 1. The highest BCUT2D eigenvalue weighted by Crippen LogP contribution is 2.42. The van der Waals surface area contributed by atoms with Crippen LogP contribution in [-0.4, -0.2) is 69.2 Å².